The fraction of sp³-hybridized carbons (Fsp3) is 0.600. The van der Waals surface area contributed by atoms with Gasteiger partial charge < -0.3 is 14.4 Å². The summed E-state index contributed by atoms with van der Waals surface area (Å²) in [5, 5.41) is 0. The third-order valence-electron chi connectivity index (χ3n) is 5.31. The van der Waals surface area contributed by atoms with Crippen LogP contribution in [0.3, 0.4) is 0 Å². The molecule has 0 saturated carbocycles. The van der Waals surface area contributed by atoms with E-state index in [-0.39, 0.29) is 17.9 Å². The lowest BCUT2D eigenvalue weighted by Gasteiger charge is -2.24. The molecule has 1 aromatic rings. The molecule has 2 aliphatic rings. The standard InChI is InChI=1S/C20H27NO4/c1-13-14(2)24-18-16(13)9-8-10-17(18)20(23)25-15(3)19(22)21-11-6-4-5-7-12-21/h8-10,13-15H,4-7,11-12H2,1-3H3/t13-,14+,15+/m1/s1. The number of fused-ring (bicyclic) bond motifs is 1. The third-order valence-corrected chi connectivity index (χ3v) is 5.31. The van der Waals surface area contributed by atoms with Gasteiger partial charge in [-0.2, -0.15) is 0 Å². The van der Waals surface area contributed by atoms with Gasteiger partial charge in [-0.1, -0.05) is 31.9 Å². The van der Waals surface area contributed by atoms with Crippen LogP contribution in [0, 0.1) is 0 Å². The van der Waals surface area contributed by atoms with Crippen LogP contribution in [0.5, 0.6) is 5.75 Å². The molecule has 1 aromatic carbocycles. The van der Waals surface area contributed by atoms with Crippen LogP contribution in [0.2, 0.25) is 0 Å². The topological polar surface area (TPSA) is 55.8 Å². The van der Waals surface area contributed by atoms with E-state index in [9.17, 15) is 9.59 Å². The maximum absolute atomic E-state index is 12.6. The van der Waals surface area contributed by atoms with Crippen LogP contribution in [0.1, 0.15) is 68.3 Å². The molecule has 2 aliphatic heterocycles. The minimum Gasteiger partial charge on any atom is -0.489 e. The van der Waals surface area contributed by atoms with Gasteiger partial charge in [0.15, 0.2) is 6.10 Å². The lowest BCUT2D eigenvalue weighted by Crippen LogP contribution is -2.40. The van der Waals surface area contributed by atoms with Gasteiger partial charge in [-0.15, -0.1) is 0 Å². The summed E-state index contributed by atoms with van der Waals surface area (Å²) in [5.74, 6) is 0.236. The summed E-state index contributed by atoms with van der Waals surface area (Å²) in [5.41, 5.74) is 1.43. The van der Waals surface area contributed by atoms with Crippen molar-refractivity contribution in [2.45, 2.75) is 64.6 Å². The van der Waals surface area contributed by atoms with E-state index in [4.69, 9.17) is 9.47 Å². The molecule has 25 heavy (non-hydrogen) atoms. The number of likely N-dealkylation sites (tertiary alicyclic amines) is 1. The average Bonchev–Trinajstić information content (AvgIpc) is 2.80. The fourth-order valence-electron chi connectivity index (χ4n) is 3.57. The van der Waals surface area contributed by atoms with Crippen molar-refractivity contribution < 1.29 is 19.1 Å². The van der Waals surface area contributed by atoms with Gasteiger partial charge in [0.25, 0.3) is 5.91 Å². The van der Waals surface area contributed by atoms with Crippen LogP contribution in [-0.4, -0.2) is 42.1 Å². The molecule has 0 radical (unpaired) electrons. The summed E-state index contributed by atoms with van der Waals surface area (Å²) >= 11 is 0. The summed E-state index contributed by atoms with van der Waals surface area (Å²) in [6, 6.07) is 5.52. The molecule has 1 amide bonds. The Morgan fingerprint density at radius 2 is 1.84 bits per heavy atom. The lowest BCUT2D eigenvalue weighted by molar-refractivity contribution is -0.139. The van der Waals surface area contributed by atoms with E-state index in [1.807, 2.05) is 24.0 Å². The number of ether oxygens (including phenoxy) is 2. The Bertz CT molecular complexity index is 649. The number of hydrogen-bond acceptors (Lipinski definition) is 4. The van der Waals surface area contributed by atoms with Crippen molar-refractivity contribution in [2.24, 2.45) is 0 Å². The van der Waals surface area contributed by atoms with Gasteiger partial charge in [0.05, 0.1) is 0 Å². The average molecular weight is 345 g/mol. The van der Waals surface area contributed by atoms with E-state index in [2.05, 4.69) is 6.92 Å². The zero-order valence-electron chi connectivity index (χ0n) is 15.3. The van der Waals surface area contributed by atoms with Gasteiger partial charge >= 0.3 is 5.97 Å². The molecule has 2 heterocycles. The summed E-state index contributed by atoms with van der Waals surface area (Å²) < 4.78 is 11.3. The Labute approximate surface area is 149 Å². The largest absolute Gasteiger partial charge is 0.489 e. The minimum absolute atomic E-state index is 0.0279. The van der Waals surface area contributed by atoms with E-state index in [1.54, 1.807) is 13.0 Å². The Morgan fingerprint density at radius 1 is 1.16 bits per heavy atom. The smallest absolute Gasteiger partial charge is 0.342 e. The molecular weight excluding hydrogens is 318 g/mol. The van der Waals surface area contributed by atoms with Gasteiger partial charge in [-0.3, -0.25) is 4.79 Å². The highest BCUT2D eigenvalue weighted by Crippen LogP contribution is 2.40. The number of rotatable bonds is 3. The second-order valence-electron chi connectivity index (χ2n) is 7.12. The van der Waals surface area contributed by atoms with E-state index >= 15 is 0 Å². The van der Waals surface area contributed by atoms with Gasteiger partial charge in [-0.25, -0.2) is 4.79 Å². The van der Waals surface area contributed by atoms with E-state index < -0.39 is 12.1 Å². The molecule has 3 atom stereocenters. The molecule has 3 rings (SSSR count). The van der Waals surface area contributed by atoms with Crippen molar-refractivity contribution >= 4 is 11.9 Å². The van der Waals surface area contributed by atoms with Crippen LogP contribution in [0.25, 0.3) is 0 Å². The predicted octanol–water partition coefficient (Wildman–Crippen LogP) is 3.52. The van der Waals surface area contributed by atoms with Crippen molar-refractivity contribution in [2.75, 3.05) is 13.1 Å². The number of esters is 1. The summed E-state index contributed by atoms with van der Waals surface area (Å²) in [7, 11) is 0. The molecule has 0 bridgehead atoms. The van der Waals surface area contributed by atoms with Crippen molar-refractivity contribution in [3.8, 4) is 5.75 Å². The first-order valence-corrected chi connectivity index (χ1v) is 9.28. The second-order valence-corrected chi connectivity index (χ2v) is 7.12. The number of nitrogens with zero attached hydrogens (tertiary/aromatic N) is 1. The Kier molecular flexibility index (Phi) is 5.30. The van der Waals surface area contributed by atoms with Crippen LogP contribution in [0.4, 0.5) is 0 Å². The van der Waals surface area contributed by atoms with Crippen LogP contribution < -0.4 is 4.74 Å². The predicted molar refractivity (Wildman–Crippen MR) is 94.9 cm³/mol. The molecule has 1 saturated heterocycles. The molecule has 5 heteroatoms. The molecule has 0 N–H and O–H groups in total. The van der Waals surface area contributed by atoms with Crippen LogP contribution in [0.15, 0.2) is 18.2 Å². The number of amides is 1. The second kappa shape index (κ2) is 7.46. The minimum atomic E-state index is -0.780. The number of para-hydroxylation sites is 1. The normalized spacial score (nSPS) is 24.0. The van der Waals surface area contributed by atoms with Crippen LogP contribution in [-0.2, 0) is 9.53 Å². The number of hydrogen-bond donors (Lipinski definition) is 0. The number of carbonyl (C=O) groups is 2. The highest BCUT2D eigenvalue weighted by Gasteiger charge is 2.33. The van der Waals surface area contributed by atoms with Gasteiger partial charge in [0.2, 0.25) is 0 Å². The first-order valence-electron chi connectivity index (χ1n) is 9.28. The highest BCUT2D eigenvalue weighted by atomic mass is 16.6. The number of carbonyl (C=O) groups excluding carboxylic acids is 2. The first kappa shape index (κ1) is 17.8. The van der Waals surface area contributed by atoms with Crippen molar-refractivity contribution in [3.63, 3.8) is 0 Å². The molecule has 0 aliphatic carbocycles. The number of benzene rings is 1. The SMILES string of the molecule is C[C@H](OC(=O)c1cccc2c1O[C@@H](C)[C@H]2C)C(=O)N1CCCCCC1. The summed E-state index contributed by atoms with van der Waals surface area (Å²) in [4.78, 5) is 27.0. The van der Waals surface area contributed by atoms with E-state index in [0.717, 1.165) is 44.3 Å². The summed E-state index contributed by atoms with van der Waals surface area (Å²) in [6.07, 6.45) is 3.59. The molecule has 0 spiro atoms. The quantitative estimate of drug-likeness (QED) is 0.787. The van der Waals surface area contributed by atoms with Gasteiger partial charge in [-0.05, 0) is 32.8 Å². The Hall–Kier alpha value is -2.04. The summed E-state index contributed by atoms with van der Waals surface area (Å²) in [6.45, 7) is 7.22. The van der Waals surface area contributed by atoms with Crippen LogP contribution >= 0.6 is 0 Å². The zero-order chi connectivity index (χ0) is 18.0. The molecule has 1 fully saturated rings. The molecule has 5 nitrogen and oxygen atoms in total. The molecular formula is C20H27NO4. The zero-order valence-corrected chi connectivity index (χ0v) is 15.3. The maximum atomic E-state index is 12.6. The first-order chi connectivity index (χ1) is 12.0. The lowest BCUT2D eigenvalue weighted by atomic mass is 9.97. The van der Waals surface area contributed by atoms with Gasteiger partial charge in [0.1, 0.15) is 17.4 Å². The van der Waals surface area contributed by atoms with Crippen molar-refractivity contribution in [3.05, 3.63) is 29.3 Å². The Morgan fingerprint density at radius 3 is 2.52 bits per heavy atom. The fourth-order valence-corrected chi connectivity index (χ4v) is 3.57. The molecule has 0 unspecified atom stereocenters. The van der Waals surface area contributed by atoms with Gasteiger partial charge in [0, 0.05) is 24.6 Å². The van der Waals surface area contributed by atoms with E-state index in [0.29, 0.717) is 11.3 Å². The van der Waals surface area contributed by atoms with Crippen molar-refractivity contribution in [1.29, 1.82) is 0 Å². The third kappa shape index (κ3) is 3.65. The maximum Gasteiger partial charge on any atom is 0.342 e. The monoisotopic (exact) mass is 345 g/mol. The molecule has 136 valence electrons. The highest BCUT2D eigenvalue weighted by molar-refractivity contribution is 5.95. The van der Waals surface area contributed by atoms with Crippen molar-refractivity contribution in [1.82, 2.24) is 4.90 Å². The van der Waals surface area contributed by atoms with E-state index in [1.165, 1.54) is 0 Å². The Balaban J connectivity index is 1.69. The molecule has 0 aromatic heterocycles.